The highest BCUT2D eigenvalue weighted by atomic mass is 16.4. The molecular formula is C15H27NO2. The van der Waals surface area contributed by atoms with Gasteiger partial charge in [0.1, 0.15) is 0 Å². The van der Waals surface area contributed by atoms with Gasteiger partial charge in [0.2, 0.25) is 0 Å². The second-order valence-electron chi connectivity index (χ2n) is 6.18. The van der Waals surface area contributed by atoms with Gasteiger partial charge in [-0.2, -0.15) is 0 Å². The predicted molar refractivity (Wildman–Crippen MR) is 72.6 cm³/mol. The van der Waals surface area contributed by atoms with Crippen LogP contribution in [0.4, 0.5) is 0 Å². The van der Waals surface area contributed by atoms with Gasteiger partial charge < -0.3 is 5.11 Å². The molecule has 18 heavy (non-hydrogen) atoms. The van der Waals surface area contributed by atoms with E-state index in [9.17, 15) is 9.90 Å². The zero-order chi connectivity index (χ0) is 13.2. The number of rotatable bonds is 4. The standard InChI is InChI=1S/C15H27NO2/c1-3-12-7-5-8-13(12)16-10-6-9-15(4-2,11-16)14(17)18/h12-13H,3-11H2,1-2H3,(H,17,18). The largest absolute Gasteiger partial charge is 0.481 e. The number of hydrogen-bond donors (Lipinski definition) is 1. The zero-order valence-corrected chi connectivity index (χ0v) is 11.8. The zero-order valence-electron chi connectivity index (χ0n) is 11.8. The molecule has 2 aliphatic rings. The summed E-state index contributed by atoms with van der Waals surface area (Å²) in [5.41, 5.74) is -0.473. The minimum absolute atomic E-state index is 0.473. The van der Waals surface area contributed by atoms with Gasteiger partial charge in [0.25, 0.3) is 0 Å². The van der Waals surface area contributed by atoms with E-state index in [-0.39, 0.29) is 0 Å². The molecule has 1 aliphatic heterocycles. The van der Waals surface area contributed by atoms with Gasteiger partial charge in [-0.25, -0.2) is 0 Å². The van der Waals surface area contributed by atoms with Crippen molar-refractivity contribution >= 4 is 5.97 Å². The maximum atomic E-state index is 11.6. The van der Waals surface area contributed by atoms with Crippen molar-refractivity contribution < 1.29 is 9.90 Å². The maximum absolute atomic E-state index is 11.6. The Morgan fingerprint density at radius 1 is 1.33 bits per heavy atom. The van der Waals surface area contributed by atoms with Crippen LogP contribution in [0.1, 0.15) is 58.8 Å². The molecule has 3 heteroatoms. The summed E-state index contributed by atoms with van der Waals surface area (Å²) in [5, 5.41) is 9.55. The molecular weight excluding hydrogens is 226 g/mol. The summed E-state index contributed by atoms with van der Waals surface area (Å²) >= 11 is 0. The summed E-state index contributed by atoms with van der Waals surface area (Å²) in [4.78, 5) is 14.1. The number of aliphatic carboxylic acids is 1. The molecule has 2 rings (SSSR count). The fourth-order valence-electron chi connectivity index (χ4n) is 4.04. The average molecular weight is 253 g/mol. The van der Waals surface area contributed by atoms with Gasteiger partial charge in [0.05, 0.1) is 5.41 Å². The van der Waals surface area contributed by atoms with Crippen LogP contribution in [-0.4, -0.2) is 35.1 Å². The maximum Gasteiger partial charge on any atom is 0.310 e. The van der Waals surface area contributed by atoms with Gasteiger partial charge in [0.15, 0.2) is 0 Å². The summed E-state index contributed by atoms with van der Waals surface area (Å²) < 4.78 is 0. The van der Waals surface area contributed by atoms with Crippen molar-refractivity contribution in [2.45, 2.75) is 64.8 Å². The van der Waals surface area contributed by atoms with Gasteiger partial charge in [-0.3, -0.25) is 9.69 Å². The Labute approximate surface area is 111 Å². The van der Waals surface area contributed by atoms with Gasteiger partial charge in [-0.1, -0.05) is 26.7 Å². The van der Waals surface area contributed by atoms with Crippen LogP contribution >= 0.6 is 0 Å². The topological polar surface area (TPSA) is 40.5 Å². The minimum Gasteiger partial charge on any atom is -0.481 e. The Bertz CT molecular complexity index is 305. The van der Waals surface area contributed by atoms with E-state index >= 15 is 0 Å². The molecule has 104 valence electrons. The molecule has 0 bridgehead atoms. The number of carboxylic acid groups (broad SMARTS) is 1. The van der Waals surface area contributed by atoms with E-state index in [1.54, 1.807) is 0 Å². The van der Waals surface area contributed by atoms with Crippen molar-refractivity contribution in [3.8, 4) is 0 Å². The number of piperidine rings is 1. The highest BCUT2D eigenvalue weighted by Crippen LogP contribution is 2.39. The van der Waals surface area contributed by atoms with Crippen LogP contribution in [0, 0.1) is 11.3 Å². The van der Waals surface area contributed by atoms with Crippen molar-refractivity contribution in [3.63, 3.8) is 0 Å². The summed E-state index contributed by atoms with van der Waals surface area (Å²) in [7, 11) is 0. The molecule has 2 fully saturated rings. The van der Waals surface area contributed by atoms with E-state index in [1.807, 2.05) is 6.92 Å². The Hall–Kier alpha value is -0.570. The summed E-state index contributed by atoms with van der Waals surface area (Å²) in [5.74, 6) is 0.215. The first kappa shape index (κ1) is 13.9. The molecule has 1 saturated carbocycles. The van der Waals surface area contributed by atoms with E-state index in [4.69, 9.17) is 0 Å². The molecule has 0 aromatic carbocycles. The lowest BCUT2D eigenvalue weighted by Crippen LogP contribution is -2.51. The lowest BCUT2D eigenvalue weighted by molar-refractivity contribution is -0.153. The van der Waals surface area contributed by atoms with E-state index in [1.165, 1.54) is 25.7 Å². The highest BCUT2D eigenvalue weighted by Gasteiger charge is 2.44. The molecule has 0 aromatic rings. The fourth-order valence-corrected chi connectivity index (χ4v) is 4.04. The van der Waals surface area contributed by atoms with Crippen molar-refractivity contribution in [1.29, 1.82) is 0 Å². The number of carboxylic acids is 1. The van der Waals surface area contributed by atoms with Crippen LogP contribution < -0.4 is 0 Å². The van der Waals surface area contributed by atoms with E-state index < -0.39 is 11.4 Å². The molecule has 1 N–H and O–H groups in total. The SMILES string of the molecule is CCC1CCCC1N1CCCC(CC)(C(=O)O)C1. The third kappa shape index (κ3) is 2.42. The molecule has 1 aliphatic carbocycles. The van der Waals surface area contributed by atoms with Gasteiger partial charge in [0, 0.05) is 12.6 Å². The molecule has 0 radical (unpaired) electrons. The monoisotopic (exact) mass is 253 g/mol. The first-order chi connectivity index (χ1) is 8.63. The van der Waals surface area contributed by atoms with Gasteiger partial charge in [-0.15, -0.1) is 0 Å². The molecule has 1 saturated heterocycles. The van der Waals surface area contributed by atoms with Crippen LogP contribution in [0.15, 0.2) is 0 Å². The van der Waals surface area contributed by atoms with Gasteiger partial charge >= 0.3 is 5.97 Å². The molecule has 0 aromatic heterocycles. The number of carbonyl (C=O) groups is 1. The minimum atomic E-state index is -0.583. The third-order valence-corrected chi connectivity index (χ3v) is 5.35. The fraction of sp³-hybridized carbons (Fsp3) is 0.933. The van der Waals surface area contributed by atoms with Crippen molar-refractivity contribution in [2.75, 3.05) is 13.1 Å². The van der Waals surface area contributed by atoms with E-state index in [0.29, 0.717) is 6.04 Å². The molecule has 1 heterocycles. The van der Waals surface area contributed by atoms with Crippen molar-refractivity contribution in [3.05, 3.63) is 0 Å². The second kappa shape index (κ2) is 5.60. The van der Waals surface area contributed by atoms with Crippen LogP contribution in [-0.2, 0) is 4.79 Å². The normalized spacial score (nSPS) is 37.9. The quantitative estimate of drug-likeness (QED) is 0.836. The number of likely N-dealkylation sites (tertiary alicyclic amines) is 1. The summed E-state index contributed by atoms with van der Waals surface area (Å²) in [6.45, 7) is 6.19. The number of nitrogens with zero attached hydrogens (tertiary/aromatic N) is 1. The Balaban J connectivity index is 2.08. The lowest BCUT2D eigenvalue weighted by atomic mass is 9.77. The second-order valence-corrected chi connectivity index (χ2v) is 6.18. The third-order valence-electron chi connectivity index (χ3n) is 5.35. The average Bonchev–Trinajstić information content (AvgIpc) is 2.86. The lowest BCUT2D eigenvalue weighted by Gasteiger charge is -2.43. The highest BCUT2D eigenvalue weighted by molar-refractivity contribution is 5.75. The first-order valence-electron chi connectivity index (χ1n) is 7.60. The van der Waals surface area contributed by atoms with Gasteiger partial charge in [-0.05, 0) is 44.6 Å². The molecule has 0 spiro atoms. The van der Waals surface area contributed by atoms with Crippen LogP contribution in [0.5, 0.6) is 0 Å². The summed E-state index contributed by atoms with van der Waals surface area (Å²) in [6, 6.07) is 0.653. The molecule has 3 unspecified atom stereocenters. The van der Waals surface area contributed by atoms with E-state index in [0.717, 1.165) is 38.3 Å². The summed E-state index contributed by atoms with van der Waals surface area (Å²) in [6.07, 6.45) is 7.86. The first-order valence-corrected chi connectivity index (χ1v) is 7.60. The van der Waals surface area contributed by atoms with E-state index in [2.05, 4.69) is 11.8 Å². The van der Waals surface area contributed by atoms with Crippen LogP contribution in [0.2, 0.25) is 0 Å². The molecule has 0 amide bonds. The number of hydrogen-bond acceptors (Lipinski definition) is 2. The van der Waals surface area contributed by atoms with Crippen LogP contribution in [0.25, 0.3) is 0 Å². The van der Waals surface area contributed by atoms with Crippen molar-refractivity contribution in [2.24, 2.45) is 11.3 Å². The Morgan fingerprint density at radius 2 is 2.11 bits per heavy atom. The Kier molecular flexibility index (Phi) is 4.31. The molecule has 3 nitrogen and oxygen atoms in total. The van der Waals surface area contributed by atoms with Crippen molar-refractivity contribution in [1.82, 2.24) is 4.90 Å². The Morgan fingerprint density at radius 3 is 2.72 bits per heavy atom. The van der Waals surface area contributed by atoms with Crippen LogP contribution in [0.3, 0.4) is 0 Å². The molecule has 3 atom stereocenters. The smallest absolute Gasteiger partial charge is 0.310 e. The predicted octanol–water partition coefficient (Wildman–Crippen LogP) is 3.14.